The molecule has 0 spiro atoms. The van der Waals surface area contributed by atoms with Gasteiger partial charge in [-0.25, -0.2) is 4.99 Å². The molecule has 26 heavy (non-hydrogen) atoms. The highest BCUT2D eigenvalue weighted by molar-refractivity contribution is 7.84. The summed E-state index contributed by atoms with van der Waals surface area (Å²) in [7, 11) is 1.55. The number of carbonyl (C=O) groups is 1. The van der Waals surface area contributed by atoms with Crippen molar-refractivity contribution >= 4 is 41.3 Å². The number of amides is 1. The molecule has 0 saturated carbocycles. The van der Waals surface area contributed by atoms with E-state index in [1.165, 1.54) is 11.3 Å². The molecule has 2 aromatic rings. The largest absolute Gasteiger partial charge is 0.495 e. The number of carbonyl (C=O) groups excluding carboxylic acids is 1. The third-order valence-electron chi connectivity index (χ3n) is 4.24. The van der Waals surface area contributed by atoms with E-state index >= 15 is 0 Å². The van der Waals surface area contributed by atoms with E-state index in [-0.39, 0.29) is 5.91 Å². The maximum atomic E-state index is 13.1. The third-order valence-corrected chi connectivity index (χ3v) is 5.53. The summed E-state index contributed by atoms with van der Waals surface area (Å²) in [6.07, 6.45) is 0. The van der Waals surface area contributed by atoms with Gasteiger partial charge in [-0.3, -0.25) is 4.79 Å². The molecule has 1 aliphatic rings. The second-order valence-corrected chi connectivity index (χ2v) is 7.17. The second-order valence-electron chi connectivity index (χ2n) is 5.76. The number of aliphatic imine (C=N–C) groups is 1. The van der Waals surface area contributed by atoms with Gasteiger partial charge in [0.05, 0.1) is 30.4 Å². The van der Waals surface area contributed by atoms with E-state index < -0.39 is 11.8 Å². The number of allylic oxidation sites excluding steroid dienone is 1. The fourth-order valence-corrected chi connectivity index (χ4v) is 4.26. The van der Waals surface area contributed by atoms with Crippen LogP contribution in [0.2, 0.25) is 0 Å². The number of benzene rings is 1. The molecule has 3 rings (SSSR count). The lowest BCUT2D eigenvalue weighted by Crippen LogP contribution is -2.36. The minimum absolute atomic E-state index is 0.234. The molecule has 1 aromatic carbocycles. The zero-order valence-electron chi connectivity index (χ0n) is 14.3. The maximum absolute atomic E-state index is 13.1. The van der Waals surface area contributed by atoms with E-state index in [1.54, 1.807) is 26.2 Å². The Kier molecular flexibility index (Phi) is 5.45. The van der Waals surface area contributed by atoms with Gasteiger partial charge >= 0.3 is 0 Å². The maximum Gasteiger partial charge on any atom is 0.234 e. The molecular formula is C19H17N3O2S2. The van der Waals surface area contributed by atoms with Crippen LogP contribution < -0.4 is 10.1 Å². The van der Waals surface area contributed by atoms with Gasteiger partial charge in [-0.2, -0.15) is 5.26 Å². The van der Waals surface area contributed by atoms with Crippen molar-refractivity contribution in [3.63, 3.8) is 0 Å². The van der Waals surface area contributed by atoms with Gasteiger partial charge in [0.1, 0.15) is 10.8 Å². The molecule has 0 fully saturated rings. The van der Waals surface area contributed by atoms with Crippen molar-refractivity contribution in [2.45, 2.75) is 12.8 Å². The minimum atomic E-state index is -0.593. The van der Waals surface area contributed by atoms with Crippen LogP contribution in [0.5, 0.6) is 5.75 Å². The first-order valence-electron chi connectivity index (χ1n) is 7.92. The number of thiol groups is 1. The van der Waals surface area contributed by atoms with Crippen molar-refractivity contribution in [1.29, 1.82) is 5.26 Å². The molecule has 0 bridgehead atoms. The van der Waals surface area contributed by atoms with Gasteiger partial charge in [0.25, 0.3) is 0 Å². The second kappa shape index (κ2) is 7.77. The van der Waals surface area contributed by atoms with Crippen LogP contribution >= 0.6 is 24.0 Å². The number of thiophene rings is 1. The Morgan fingerprint density at radius 1 is 1.35 bits per heavy atom. The highest BCUT2D eigenvalue weighted by atomic mass is 32.1. The van der Waals surface area contributed by atoms with Crippen molar-refractivity contribution in [3.05, 3.63) is 57.3 Å². The lowest BCUT2D eigenvalue weighted by Gasteiger charge is -2.29. The molecule has 1 unspecified atom stereocenters. The average Bonchev–Trinajstić information content (AvgIpc) is 3.15. The monoisotopic (exact) mass is 383 g/mol. The number of hydrogen-bond acceptors (Lipinski definition) is 6. The molecule has 5 nitrogen and oxygen atoms in total. The fraction of sp³-hybridized carbons (Fsp3) is 0.211. The summed E-state index contributed by atoms with van der Waals surface area (Å²) in [4.78, 5) is 18.4. The van der Waals surface area contributed by atoms with Crippen molar-refractivity contribution in [2.24, 2.45) is 10.9 Å². The van der Waals surface area contributed by atoms with E-state index in [0.29, 0.717) is 27.8 Å². The zero-order valence-corrected chi connectivity index (χ0v) is 16.0. The Morgan fingerprint density at radius 3 is 2.77 bits per heavy atom. The highest BCUT2D eigenvalue weighted by Crippen LogP contribution is 2.42. The summed E-state index contributed by atoms with van der Waals surface area (Å²) in [6.45, 7) is 1.79. The summed E-state index contributed by atoms with van der Waals surface area (Å²) in [5, 5.41) is 14.8. The number of rotatable bonds is 4. The fourth-order valence-electron chi connectivity index (χ4n) is 3.04. The van der Waals surface area contributed by atoms with Crippen LogP contribution in [0.3, 0.4) is 0 Å². The lowest BCUT2D eigenvalue weighted by atomic mass is 9.80. The van der Waals surface area contributed by atoms with Crippen LogP contribution in [0.1, 0.15) is 17.7 Å². The van der Waals surface area contributed by atoms with Gasteiger partial charge in [0.2, 0.25) is 5.91 Å². The Labute approximate surface area is 161 Å². The normalized spacial score (nSPS) is 19.5. The predicted octanol–water partition coefficient (Wildman–Crippen LogP) is 4.23. The quantitative estimate of drug-likeness (QED) is 0.776. The smallest absolute Gasteiger partial charge is 0.234 e. The molecule has 0 radical (unpaired) electrons. The van der Waals surface area contributed by atoms with Gasteiger partial charge in [-0.05, 0) is 30.5 Å². The predicted molar refractivity (Wildman–Crippen MR) is 107 cm³/mol. The lowest BCUT2D eigenvalue weighted by molar-refractivity contribution is -0.118. The summed E-state index contributed by atoms with van der Waals surface area (Å²) >= 11 is 5.86. The van der Waals surface area contributed by atoms with Crippen LogP contribution in [-0.4, -0.2) is 18.7 Å². The first-order chi connectivity index (χ1) is 12.6. The number of hydrogen-bond donors (Lipinski definition) is 2. The highest BCUT2D eigenvalue weighted by Gasteiger charge is 2.39. The van der Waals surface area contributed by atoms with E-state index in [0.717, 1.165) is 4.88 Å². The van der Waals surface area contributed by atoms with Crippen LogP contribution in [0, 0.1) is 17.2 Å². The van der Waals surface area contributed by atoms with Gasteiger partial charge in [-0.1, -0.05) is 18.2 Å². The molecular weight excluding hydrogens is 366 g/mol. The van der Waals surface area contributed by atoms with E-state index in [1.807, 2.05) is 29.6 Å². The molecule has 1 aliphatic heterocycles. The summed E-state index contributed by atoms with van der Waals surface area (Å²) < 4.78 is 5.30. The third kappa shape index (κ3) is 3.39. The van der Waals surface area contributed by atoms with Crippen molar-refractivity contribution in [1.82, 2.24) is 0 Å². The van der Waals surface area contributed by atoms with Crippen LogP contribution in [0.25, 0.3) is 0 Å². The number of anilines is 1. The van der Waals surface area contributed by atoms with Crippen LogP contribution in [0.15, 0.2) is 57.4 Å². The standard InChI is InChI=1S/C19H17N3O2S2/c1-11-16(18(23)22-13-6-3-4-7-14(13)24-2)17(15-8-5-9-26-15)12(10-20)19(25)21-11/h3-9,16-17,25H,1-2H3,(H,22,23)/t16?,17-/m1/s1. The van der Waals surface area contributed by atoms with Crippen LogP contribution in [-0.2, 0) is 4.79 Å². The Hall–Kier alpha value is -2.56. The first-order valence-corrected chi connectivity index (χ1v) is 9.25. The van der Waals surface area contributed by atoms with Crippen LogP contribution in [0.4, 0.5) is 5.69 Å². The molecule has 0 aliphatic carbocycles. The molecule has 0 saturated heterocycles. The molecule has 7 heteroatoms. The molecule has 1 amide bonds. The molecule has 2 heterocycles. The van der Waals surface area contributed by atoms with Gasteiger partial charge < -0.3 is 10.1 Å². The van der Waals surface area contributed by atoms with E-state index in [9.17, 15) is 10.1 Å². The summed E-state index contributed by atoms with van der Waals surface area (Å²) in [6, 6.07) is 13.2. The summed E-state index contributed by atoms with van der Waals surface area (Å²) in [5.41, 5.74) is 1.61. The minimum Gasteiger partial charge on any atom is -0.495 e. The zero-order chi connectivity index (χ0) is 18.7. The number of nitrogens with one attached hydrogen (secondary N) is 1. The van der Waals surface area contributed by atoms with Gasteiger partial charge in [-0.15, -0.1) is 24.0 Å². The number of methoxy groups -OCH3 is 1. The SMILES string of the molecule is COc1ccccc1NC(=O)C1C(C)=NC(S)=C(C#N)[C@@H]1c1cccs1. The number of nitriles is 1. The van der Waals surface area contributed by atoms with E-state index in [2.05, 4.69) is 29.0 Å². The molecule has 1 aromatic heterocycles. The first kappa shape index (κ1) is 18.2. The number of nitrogens with zero attached hydrogens (tertiary/aromatic N) is 2. The molecule has 132 valence electrons. The van der Waals surface area contributed by atoms with Crippen molar-refractivity contribution < 1.29 is 9.53 Å². The molecule has 2 atom stereocenters. The Bertz CT molecular complexity index is 927. The average molecular weight is 383 g/mol. The molecule has 1 N–H and O–H groups in total. The van der Waals surface area contributed by atoms with Crippen molar-refractivity contribution in [2.75, 3.05) is 12.4 Å². The van der Waals surface area contributed by atoms with Gasteiger partial charge in [0, 0.05) is 16.5 Å². The topological polar surface area (TPSA) is 74.5 Å². The Morgan fingerprint density at radius 2 is 2.12 bits per heavy atom. The van der Waals surface area contributed by atoms with Crippen molar-refractivity contribution in [3.8, 4) is 11.8 Å². The Balaban J connectivity index is 2.00. The number of para-hydroxylation sites is 2. The number of ether oxygens (including phenoxy) is 1. The van der Waals surface area contributed by atoms with E-state index in [4.69, 9.17) is 4.74 Å². The summed E-state index contributed by atoms with van der Waals surface area (Å²) in [5.74, 6) is -0.656. The van der Waals surface area contributed by atoms with Gasteiger partial charge in [0.15, 0.2) is 0 Å².